The molecule has 0 unspecified atom stereocenters. The molecule has 0 radical (unpaired) electrons. The molecule has 0 bridgehead atoms. The summed E-state index contributed by atoms with van der Waals surface area (Å²) in [7, 11) is 0. The summed E-state index contributed by atoms with van der Waals surface area (Å²) in [6.45, 7) is 9.23. The molecule has 1 heterocycles. The minimum Gasteiger partial charge on any atom is -0.336 e. The van der Waals surface area contributed by atoms with Gasteiger partial charge in [-0.15, -0.1) is 11.3 Å². The molecule has 1 amide bonds. The normalized spacial score (nSPS) is 11.0. The van der Waals surface area contributed by atoms with Crippen LogP contribution in [-0.4, -0.2) is 23.4 Å². The van der Waals surface area contributed by atoms with E-state index in [2.05, 4.69) is 36.7 Å². The van der Waals surface area contributed by atoms with E-state index in [-0.39, 0.29) is 11.9 Å². The van der Waals surface area contributed by atoms with Crippen molar-refractivity contribution in [1.29, 1.82) is 0 Å². The van der Waals surface area contributed by atoms with Crippen LogP contribution in [0.2, 0.25) is 0 Å². The first kappa shape index (κ1) is 15.7. The van der Waals surface area contributed by atoms with E-state index in [4.69, 9.17) is 0 Å². The number of carbonyl (C=O) groups excluding carboxylic acids is 1. The molecule has 0 fully saturated rings. The fourth-order valence-electron chi connectivity index (χ4n) is 1.83. The Morgan fingerprint density at radius 3 is 2.56 bits per heavy atom. The van der Waals surface area contributed by atoms with Gasteiger partial charge in [-0.05, 0) is 54.8 Å². The molecule has 1 aromatic rings. The summed E-state index contributed by atoms with van der Waals surface area (Å²) < 4.78 is 1.06. The third kappa shape index (κ3) is 4.09. The van der Waals surface area contributed by atoms with Crippen LogP contribution in [0.5, 0.6) is 0 Å². The van der Waals surface area contributed by atoms with Gasteiger partial charge in [-0.25, -0.2) is 0 Å². The average molecular weight is 332 g/mol. The van der Waals surface area contributed by atoms with E-state index >= 15 is 0 Å². The number of rotatable bonds is 6. The Kier molecular flexibility index (Phi) is 6.36. The molecular weight excluding hydrogens is 310 g/mol. The molecule has 0 aliphatic carbocycles. The molecule has 18 heavy (non-hydrogen) atoms. The molecule has 4 heteroatoms. The first-order valence-electron chi connectivity index (χ1n) is 6.54. The maximum absolute atomic E-state index is 12.5. The van der Waals surface area contributed by atoms with Gasteiger partial charge in [-0.2, -0.15) is 0 Å². The minimum absolute atomic E-state index is 0.167. The lowest BCUT2D eigenvalue weighted by Gasteiger charge is -2.26. The van der Waals surface area contributed by atoms with Crippen molar-refractivity contribution in [3.63, 3.8) is 0 Å². The molecule has 0 aromatic carbocycles. The van der Waals surface area contributed by atoms with Gasteiger partial charge in [0.1, 0.15) is 0 Å². The lowest BCUT2D eigenvalue weighted by molar-refractivity contribution is 0.0707. The van der Waals surface area contributed by atoms with Crippen molar-refractivity contribution in [3.8, 4) is 0 Å². The summed E-state index contributed by atoms with van der Waals surface area (Å²) in [5, 5.41) is 0. The summed E-state index contributed by atoms with van der Waals surface area (Å²) in [6.07, 6.45) is 3.46. The summed E-state index contributed by atoms with van der Waals surface area (Å²) >= 11 is 5.02. The van der Waals surface area contributed by atoms with Gasteiger partial charge >= 0.3 is 0 Å². The van der Waals surface area contributed by atoms with Crippen LogP contribution < -0.4 is 0 Å². The maximum Gasteiger partial charge on any atom is 0.264 e. The van der Waals surface area contributed by atoms with E-state index in [0.717, 1.165) is 27.2 Å². The Labute approximate surface area is 123 Å². The molecule has 0 N–H and O–H groups in total. The Morgan fingerprint density at radius 2 is 2.11 bits per heavy atom. The summed E-state index contributed by atoms with van der Waals surface area (Å²) in [4.78, 5) is 15.3. The highest BCUT2D eigenvalue weighted by Gasteiger charge is 2.20. The van der Waals surface area contributed by atoms with Crippen LogP contribution in [0.3, 0.4) is 0 Å². The van der Waals surface area contributed by atoms with Crippen LogP contribution in [-0.2, 0) is 0 Å². The van der Waals surface area contributed by atoms with Crippen molar-refractivity contribution in [3.05, 3.63) is 20.3 Å². The zero-order chi connectivity index (χ0) is 13.7. The van der Waals surface area contributed by atoms with Crippen LogP contribution in [0, 0.1) is 6.92 Å². The Balaban J connectivity index is 2.76. The summed E-state index contributed by atoms with van der Waals surface area (Å²) in [6, 6.07) is 2.24. The monoisotopic (exact) mass is 331 g/mol. The molecule has 0 aliphatic rings. The number of nitrogens with zero attached hydrogens (tertiary/aromatic N) is 1. The summed E-state index contributed by atoms with van der Waals surface area (Å²) in [5.74, 6) is 0.167. The van der Waals surface area contributed by atoms with Gasteiger partial charge in [0.25, 0.3) is 5.91 Å². The fraction of sp³-hybridized carbons (Fsp3) is 0.643. The highest BCUT2D eigenvalue weighted by Crippen LogP contribution is 2.28. The molecule has 0 saturated heterocycles. The summed E-state index contributed by atoms with van der Waals surface area (Å²) in [5.41, 5.74) is 1.14. The highest BCUT2D eigenvalue weighted by molar-refractivity contribution is 9.11. The third-order valence-corrected chi connectivity index (χ3v) is 5.08. The van der Waals surface area contributed by atoms with E-state index in [1.807, 2.05) is 17.9 Å². The third-order valence-electron chi connectivity index (χ3n) is 2.95. The molecule has 102 valence electrons. The highest BCUT2D eigenvalue weighted by atomic mass is 79.9. The van der Waals surface area contributed by atoms with Gasteiger partial charge in [-0.3, -0.25) is 4.79 Å². The second kappa shape index (κ2) is 7.29. The van der Waals surface area contributed by atoms with Crippen molar-refractivity contribution in [2.24, 2.45) is 0 Å². The van der Waals surface area contributed by atoms with Crippen LogP contribution >= 0.6 is 27.3 Å². The molecule has 0 spiro atoms. The molecule has 2 nitrogen and oxygen atoms in total. The second-order valence-electron chi connectivity index (χ2n) is 4.87. The fourth-order valence-corrected chi connectivity index (χ4v) is 3.32. The number of thiophene rings is 1. The quantitative estimate of drug-likeness (QED) is 0.681. The van der Waals surface area contributed by atoms with E-state index < -0.39 is 0 Å². The van der Waals surface area contributed by atoms with Gasteiger partial charge in [0.15, 0.2) is 0 Å². The van der Waals surface area contributed by atoms with Crippen LogP contribution in [0.25, 0.3) is 0 Å². The Bertz CT molecular complexity index is 381. The largest absolute Gasteiger partial charge is 0.336 e. The van der Waals surface area contributed by atoms with Crippen molar-refractivity contribution < 1.29 is 4.79 Å². The number of hydrogen-bond donors (Lipinski definition) is 0. The van der Waals surface area contributed by atoms with Crippen LogP contribution in [0.1, 0.15) is 55.3 Å². The lowest BCUT2D eigenvalue weighted by Crippen LogP contribution is -2.37. The predicted molar refractivity (Wildman–Crippen MR) is 82.5 cm³/mol. The Morgan fingerprint density at radius 1 is 1.44 bits per heavy atom. The first-order valence-corrected chi connectivity index (χ1v) is 8.15. The number of halogens is 1. The van der Waals surface area contributed by atoms with Crippen molar-refractivity contribution in [1.82, 2.24) is 4.90 Å². The first-order chi connectivity index (χ1) is 8.47. The molecule has 1 aromatic heterocycles. The van der Waals surface area contributed by atoms with Crippen LogP contribution in [0.4, 0.5) is 0 Å². The van der Waals surface area contributed by atoms with E-state index in [1.54, 1.807) is 0 Å². The molecule has 0 atom stereocenters. The van der Waals surface area contributed by atoms with Gasteiger partial charge in [0.2, 0.25) is 0 Å². The van der Waals surface area contributed by atoms with E-state index in [9.17, 15) is 4.79 Å². The SMILES string of the molecule is CCCCCN(C(=O)c1cc(C)c(Br)s1)C(C)C. The zero-order valence-corrected chi connectivity index (χ0v) is 14.0. The van der Waals surface area contributed by atoms with Gasteiger partial charge in [-0.1, -0.05) is 19.8 Å². The maximum atomic E-state index is 12.5. The molecule has 1 rings (SSSR count). The molecule has 0 saturated carbocycles. The van der Waals surface area contributed by atoms with E-state index in [0.29, 0.717) is 0 Å². The number of hydrogen-bond acceptors (Lipinski definition) is 2. The van der Waals surface area contributed by atoms with Gasteiger partial charge in [0, 0.05) is 12.6 Å². The topological polar surface area (TPSA) is 20.3 Å². The number of carbonyl (C=O) groups is 1. The average Bonchev–Trinajstić information content (AvgIpc) is 2.64. The lowest BCUT2D eigenvalue weighted by atomic mass is 10.2. The van der Waals surface area contributed by atoms with E-state index in [1.165, 1.54) is 24.2 Å². The Hall–Kier alpha value is -0.350. The van der Waals surface area contributed by atoms with Crippen molar-refractivity contribution >= 4 is 33.2 Å². The number of amides is 1. The van der Waals surface area contributed by atoms with Gasteiger partial charge in [0.05, 0.1) is 8.66 Å². The number of aryl methyl sites for hydroxylation is 1. The zero-order valence-electron chi connectivity index (χ0n) is 11.6. The van der Waals surface area contributed by atoms with Gasteiger partial charge < -0.3 is 4.90 Å². The second-order valence-corrected chi connectivity index (χ2v) is 7.24. The molecular formula is C14H22BrNOS. The van der Waals surface area contributed by atoms with Crippen molar-refractivity contribution in [2.45, 2.75) is 53.0 Å². The van der Waals surface area contributed by atoms with Crippen LogP contribution in [0.15, 0.2) is 9.85 Å². The molecule has 0 aliphatic heterocycles. The standard InChI is InChI=1S/C14H22BrNOS/c1-5-6-7-8-16(10(2)3)14(17)12-9-11(4)13(15)18-12/h9-10H,5-8H2,1-4H3. The van der Waals surface area contributed by atoms with Crippen molar-refractivity contribution in [2.75, 3.05) is 6.54 Å². The number of unbranched alkanes of at least 4 members (excludes halogenated alkanes) is 2. The predicted octanol–water partition coefficient (Wildman–Crippen LogP) is 4.86. The minimum atomic E-state index is 0.167. The smallest absolute Gasteiger partial charge is 0.264 e.